The third kappa shape index (κ3) is 8.58. The molecule has 0 N–H and O–H groups in total. The molecule has 3 aromatic carbocycles. The standard InChI is InChI=1S/C33H38F3N3O3/c1-25-11-9-12-26(2)30(25)39(42-31(40)33(34,35)36)32(41)38(24-29-15-7-4-8-16-29)20-10-19-37-21-17-28(18-22-37)23-27-13-5-3-6-14-27/h3-9,11-16,28H,10,17-24H2,1-2H3. The molecule has 3 aromatic rings. The van der Waals surface area contributed by atoms with Crippen molar-refractivity contribution in [3.8, 4) is 0 Å². The van der Waals surface area contributed by atoms with E-state index in [4.69, 9.17) is 4.84 Å². The molecule has 1 aliphatic heterocycles. The Kier molecular flexibility index (Phi) is 10.6. The van der Waals surface area contributed by atoms with Gasteiger partial charge in [-0.2, -0.15) is 13.2 Å². The van der Waals surface area contributed by atoms with Gasteiger partial charge >= 0.3 is 18.2 Å². The van der Waals surface area contributed by atoms with E-state index in [9.17, 15) is 22.8 Å². The van der Waals surface area contributed by atoms with Gasteiger partial charge in [0.2, 0.25) is 0 Å². The van der Waals surface area contributed by atoms with Gasteiger partial charge in [0.25, 0.3) is 0 Å². The zero-order valence-electron chi connectivity index (χ0n) is 24.1. The molecule has 9 heteroatoms. The second-order valence-electron chi connectivity index (χ2n) is 10.9. The normalized spacial score (nSPS) is 14.4. The van der Waals surface area contributed by atoms with Crippen LogP contribution in [0.4, 0.5) is 23.7 Å². The van der Waals surface area contributed by atoms with Crippen LogP contribution in [0.2, 0.25) is 0 Å². The number of hydrogen-bond acceptors (Lipinski definition) is 4. The highest BCUT2D eigenvalue weighted by Crippen LogP contribution is 2.29. The summed E-state index contributed by atoms with van der Waals surface area (Å²) >= 11 is 0. The molecule has 0 aliphatic carbocycles. The predicted molar refractivity (Wildman–Crippen MR) is 157 cm³/mol. The lowest BCUT2D eigenvalue weighted by molar-refractivity contribution is -0.200. The first-order valence-electron chi connectivity index (χ1n) is 14.4. The minimum atomic E-state index is -5.26. The Morgan fingerprint density at radius 1 is 0.857 bits per heavy atom. The van der Waals surface area contributed by atoms with Crippen LogP contribution in [0.15, 0.2) is 78.9 Å². The van der Waals surface area contributed by atoms with Crippen molar-refractivity contribution in [3.05, 3.63) is 101 Å². The molecule has 0 spiro atoms. The smallest absolute Gasteiger partial charge is 0.323 e. The van der Waals surface area contributed by atoms with Crippen LogP contribution in [0.25, 0.3) is 0 Å². The number of alkyl halides is 3. The molecular formula is C33H38F3N3O3. The predicted octanol–water partition coefficient (Wildman–Crippen LogP) is 7.10. The molecule has 2 amide bonds. The third-order valence-corrected chi connectivity index (χ3v) is 7.69. The topological polar surface area (TPSA) is 53.1 Å². The fraction of sp³-hybridized carbons (Fsp3) is 0.394. The first-order chi connectivity index (χ1) is 20.1. The van der Waals surface area contributed by atoms with Crippen LogP contribution < -0.4 is 5.06 Å². The first-order valence-corrected chi connectivity index (χ1v) is 14.4. The number of rotatable bonds is 9. The van der Waals surface area contributed by atoms with Crippen LogP contribution in [0.3, 0.4) is 0 Å². The quantitative estimate of drug-likeness (QED) is 0.253. The number of carbonyl (C=O) groups excluding carboxylic acids is 2. The highest BCUT2D eigenvalue weighted by atomic mass is 19.4. The Balaban J connectivity index is 1.46. The lowest BCUT2D eigenvalue weighted by Crippen LogP contribution is -2.47. The third-order valence-electron chi connectivity index (χ3n) is 7.69. The van der Waals surface area contributed by atoms with E-state index in [0.717, 1.165) is 44.5 Å². The first kappa shape index (κ1) is 31.1. The molecule has 0 atom stereocenters. The molecule has 0 saturated carbocycles. The van der Waals surface area contributed by atoms with Crippen molar-refractivity contribution in [3.63, 3.8) is 0 Å². The van der Waals surface area contributed by atoms with Gasteiger partial charge in [-0.1, -0.05) is 78.9 Å². The molecule has 224 valence electrons. The molecule has 4 rings (SSSR count). The number of benzene rings is 3. The lowest BCUT2D eigenvalue weighted by atomic mass is 9.90. The van der Waals surface area contributed by atoms with Crippen molar-refractivity contribution in [1.82, 2.24) is 9.80 Å². The number of carbonyl (C=O) groups is 2. The van der Waals surface area contributed by atoms with Gasteiger partial charge in [-0.15, -0.1) is 5.06 Å². The Bertz CT molecular complexity index is 1290. The number of aryl methyl sites for hydroxylation is 2. The van der Waals surface area contributed by atoms with Gasteiger partial charge in [0.05, 0.1) is 5.69 Å². The minimum Gasteiger partial charge on any atom is -0.323 e. The summed E-state index contributed by atoms with van der Waals surface area (Å²) in [4.78, 5) is 34.5. The Morgan fingerprint density at radius 3 is 2.00 bits per heavy atom. The van der Waals surface area contributed by atoms with E-state index in [1.807, 2.05) is 36.4 Å². The Morgan fingerprint density at radius 2 is 1.43 bits per heavy atom. The van der Waals surface area contributed by atoms with Crippen molar-refractivity contribution in [2.24, 2.45) is 5.92 Å². The highest BCUT2D eigenvalue weighted by Gasteiger charge is 2.44. The number of hydrogen-bond donors (Lipinski definition) is 0. The monoisotopic (exact) mass is 581 g/mol. The number of amides is 2. The van der Waals surface area contributed by atoms with Crippen molar-refractivity contribution in [2.45, 2.75) is 52.3 Å². The molecule has 1 fully saturated rings. The lowest BCUT2D eigenvalue weighted by Gasteiger charge is -2.34. The van der Waals surface area contributed by atoms with Gasteiger partial charge in [0.15, 0.2) is 0 Å². The van der Waals surface area contributed by atoms with Gasteiger partial charge in [0, 0.05) is 13.1 Å². The summed E-state index contributed by atoms with van der Waals surface area (Å²) in [6.45, 7) is 6.43. The SMILES string of the molecule is Cc1cccc(C)c1N(OC(=O)C(F)(F)F)C(=O)N(CCCN1CCC(Cc2ccccc2)CC1)Cc1ccccc1. The fourth-order valence-electron chi connectivity index (χ4n) is 5.46. The molecule has 1 aliphatic rings. The largest absolute Gasteiger partial charge is 0.493 e. The zero-order valence-corrected chi connectivity index (χ0v) is 24.1. The van der Waals surface area contributed by atoms with Gasteiger partial charge in [0.1, 0.15) is 0 Å². The molecular weight excluding hydrogens is 543 g/mol. The van der Waals surface area contributed by atoms with Crippen LogP contribution in [0.5, 0.6) is 0 Å². The fourth-order valence-corrected chi connectivity index (χ4v) is 5.46. The van der Waals surface area contributed by atoms with Gasteiger partial charge in [-0.05, 0) is 87.3 Å². The summed E-state index contributed by atoms with van der Waals surface area (Å²) in [5.41, 5.74) is 3.31. The number of likely N-dealkylation sites (tertiary alicyclic amines) is 1. The number of urea groups is 1. The maximum absolute atomic E-state index is 13.9. The summed E-state index contributed by atoms with van der Waals surface area (Å²) in [5.74, 6) is -1.81. The van der Waals surface area contributed by atoms with E-state index in [2.05, 4.69) is 29.2 Å². The number of para-hydroxylation sites is 1. The van der Waals surface area contributed by atoms with Gasteiger partial charge < -0.3 is 14.6 Å². The van der Waals surface area contributed by atoms with E-state index in [-0.39, 0.29) is 18.8 Å². The summed E-state index contributed by atoms with van der Waals surface area (Å²) in [5, 5.41) is 0.512. The zero-order chi connectivity index (χ0) is 30.1. The number of nitrogens with zero attached hydrogens (tertiary/aromatic N) is 3. The van der Waals surface area contributed by atoms with Gasteiger partial charge in [-0.3, -0.25) is 0 Å². The second-order valence-corrected chi connectivity index (χ2v) is 10.9. The maximum atomic E-state index is 13.9. The molecule has 42 heavy (non-hydrogen) atoms. The summed E-state index contributed by atoms with van der Waals surface area (Å²) in [6.07, 6.45) is -1.38. The number of anilines is 1. The van der Waals surface area contributed by atoms with Crippen molar-refractivity contribution in [1.29, 1.82) is 0 Å². The Labute approximate surface area is 245 Å². The van der Waals surface area contributed by atoms with Crippen LogP contribution in [-0.2, 0) is 22.6 Å². The number of halogens is 3. The highest BCUT2D eigenvalue weighted by molar-refractivity contribution is 5.94. The van der Waals surface area contributed by atoms with Crippen molar-refractivity contribution in [2.75, 3.05) is 31.2 Å². The number of hydroxylamine groups is 1. The van der Waals surface area contributed by atoms with Crippen LogP contribution >= 0.6 is 0 Å². The average molecular weight is 582 g/mol. The molecule has 0 bridgehead atoms. The van der Waals surface area contributed by atoms with Crippen molar-refractivity contribution >= 4 is 17.7 Å². The average Bonchev–Trinajstić information content (AvgIpc) is 2.97. The molecule has 6 nitrogen and oxygen atoms in total. The van der Waals surface area contributed by atoms with E-state index >= 15 is 0 Å². The van der Waals surface area contributed by atoms with E-state index in [0.29, 0.717) is 28.5 Å². The van der Waals surface area contributed by atoms with Crippen LogP contribution in [0, 0.1) is 19.8 Å². The molecule has 0 radical (unpaired) electrons. The molecule has 1 saturated heterocycles. The van der Waals surface area contributed by atoms with E-state index in [1.165, 1.54) is 10.5 Å². The second kappa shape index (κ2) is 14.4. The molecule has 0 aromatic heterocycles. The minimum absolute atomic E-state index is 0.124. The molecule has 0 unspecified atom stereocenters. The summed E-state index contributed by atoms with van der Waals surface area (Å²) < 4.78 is 39.8. The summed E-state index contributed by atoms with van der Waals surface area (Å²) in [7, 11) is 0. The molecule has 1 heterocycles. The van der Waals surface area contributed by atoms with Gasteiger partial charge in [-0.25, -0.2) is 9.59 Å². The Hall–Kier alpha value is -3.85. The van der Waals surface area contributed by atoms with Crippen LogP contribution in [0.1, 0.15) is 41.5 Å². The summed E-state index contributed by atoms with van der Waals surface area (Å²) in [6, 6.07) is 23.9. The van der Waals surface area contributed by atoms with E-state index < -0.39 is 18.2 Å². The van der Waals surface area contributed by atoms with Crippen molar-refractivity contribution < 1.29 is 27.6 Å². The van der Waals surface area contributed by atoms with E-state index in [1.54, 1.807) is 32.0 Å². The van der Waals surface area contributed by atoms with Crippen LogP contribution in [-0.4, -0.2) is 54.2 Å². The number of piperidine rings is 1. The maximum Gasteiger partial charge on any atom is 0.493 e.